The van der Waals surface area contributed by atoms with Crippen LogP contribution in [-0.2, 0) is 22.3 Å². The van der Waals surface area contributed by atoms with E-state index in [2.05, 4.69) is 38.2 Å². The van der Waals surface area contributed by atoms with Crippen molar-refractivity contribution in [1.82, 2.24) is 20.0 Å². The third-order valence-electron chi connectivity index (χ3n) is 6.49. The lowest BCUT2D eigenvalue weighted by molar-refractivity contribution is -0.263. The van der Waals surface area contributed by atoms with Crippen molar-refractivity contribution in [2.24, 2.45) is 0 Å². The number of benzene rings is 1. The molecule has 9 heteroatoms. The predicted molar refractivity (Wildman–Crippen MR) is 128 cm³/mol. The van der Waals surface area contributed by atoms with Crippen LogP contribution in [0.25, 0.3) is 22.8 Å². The second-order valence-electron chi connectivity index (χ2n) is 9.24. The maximum Gasteiger partial charge on any atom is 0.259 e. The van der Waals surface area contributed by atoms with Gasteiger partial charge >= 0.3 is 0 Å². The van der Waals surface area contributed by atoms with E-state index in [9.17, 15) is 5.26 Å². The Balaban J connectivity index is 1.31. The number of fused-ring (bicyclic) bond motifs is 1. The lowest BCUT2D eigenvalue weighted by Gasteiger charge is -2.39. The third kappa shape index (κ3) is 5.05. The molecule has 1 saturated heterocycles. The van der Waals surface area contributed by atoms with Gasteiger partial charge in [0.2, 0.25) is 11.7 Å². The second kappa shape index (κ2) is 9.74. The fourth-order valence-corrected chi connectivity index (χ4v) is 4.50. The zero-order valence-corrected chi connectivity index (χ0v) is 20.3. The number of hydrogen-bond donors (Lipinski definition) is 0. The Bertz CT molecular complexity index is 1240. The van der Waals surface area contributed by atoms with Crippen molar-refractivity contribution in [1.29, 1.82) is 5.26 Å². The molecule has 0 radical (unpaired) electrons. The molecular weight excluding hydrogens is 446 g/mol. The van der Waals surface area contributed by atoms with Crippen LogP contribution in [0.2, 0.25) is 0 Å². The zero-order valence-electron chi connectivity index (χ0n) is 20.3. The highest BCUT2D eigenvalue weighted by Crippen LogP contribution is 2.28. The fraction of sp³-hybridized carbons (Fsp3) is 0.462. The normalized spacial score (nSPS) is 18.5. The number of hydrogen-bond acceptors (Lipinski definition) is 9. The predicted octanol–water partition coefficient (Wildman–Crippen LogP) is 3.62. The molecule has 3 aromatic rings. The molecule has 0 aliphatic carbocycles. The van der Waals surface area contributed by atoms with E-state index in [4.69, 9.17) is 18.7 Å². The first-order valence-electron chi connectivity index (χ1n) is 12.0. The quantitative estimate of drug-likeness (QED) is 0.547. The summed E-state index contributed by atoms with van der Waals surface area (Å²) in [4.78, 5) is 11.3. The van der Waals surface area contributed by atoms with Gasteiger partial charge in [-0.05, 0) is 56.9 Å². The molecule has 1 aromatic carbocycles. The van der Waals surface area contributed by atoms with Gasteiger partial charge in [-0.3, -0.25) is 4.90 Å². The van der Waals surface area contributed by atoms with Crippen LogP contribution in [0.4, 0.5) is 0 Å². The van der Waals surface area contributed by atoms with Crippen LogP contribution < -0.4 is 4.74 Å². The van der Waals surface area contributed by atoms with Crippen LogP contribution in [0.1, 0.15) is 37.5 Å². The molecule has 2 aliphatic heterocycles. The molecule has 0 bridgehead atoms. The summed E-state index contributed by atoms with van der Waals surface area (Å²) < 4.78 is 22.6. The van der Waals surface area contributed by atoms with Gasteiger partial charge in [0.05, 0.1) is 31.4 Å². The van der Waals surface area contributed by atoms with Crippen LogP contribution in [-0.4, -0.2) is 64.8 Å². The molecule has 0 N–H and O–H groups in total. The summed E-state index contributed by atoms with van der Waals surface area (Å²) >= 11 is 0. The minimum Gasteiger partial charge on any atom is -0.477 e. The Morgan fingerprint density at radius 2 is 1.89 bits per heavy atom. The van der Waals surface area contributed by atoms with Crippen molar-refractivity contribution in [3.05, 3.63) is 47.2 Å². The highest BCUT2D eigenvalue weighted by molar-refractivity contribution is 5.62. The van der Waals surface area contributed by atoms with Gasteiger partial charge in [-0.1, -0.05) is 17.3 Å². The van der Waals surface area contributed by atoms with E-state index in [0.29, 0.717) is 48.5 Å². The van der Waals surface area contributed by atoms with E-state index < -0.39 is 5.79 Å². The minimum absolute atomic E-state index is 0.276. The topological polar surface area (TPSA) is 107 Å². The Morgan fingerprint density at radius 1 is 1.11 bits per heavy atom. The molecule has 2 aromatic heterocycles. The highest BCUT2D eigenvalue weighted by Gasteiger charge is 2.32. The maximum atomic E-state index is 9.41. The van der Waals surface area contributed by atoms with E-state index in [0.717, 1.165) is 31.5 Å². The van der Waals surface area contributed by atoms with Gasteiger partial charge in [-0.2, -0.15) is 10.2 Å². The number of aromatic nitrogens is 3. The van der Waals surface area contributed by atoms with Crippen LogP contribution in [0.15, 0.2) is 35.0 Å². The molecule has 0 atom stereocenters. The van der Waals surface area contributed by atoms with Gasteiger partial charge in [0, 0.05) is 24.8 Å². The van der Waals surface area contributed by atoms with E-state index in [1.807, 2.05) is 26.8 Å². The van der Waals surface area contributed by atoms with Gasteiger partial charge < -0.3 is 18.7 Å². The Morgan fingerprint density at radius 3 is 2.63 bits per heavy atom. The monoisotopic (exact) mass is 475 g/mol. The summed E-state index contributed by atoms with van der Waals surface area (Å²) in [5, 5.41) is 13.6. The van der Waals surface area contributed by atoms with Crippen molar-refractivity contribution in [3.63, 3.8) is 0 Å². The van der Waals surface area contributed by atoms with Gasteiger partial charge in [0.15, 0.2) is 5.79 Å². The van der Waals surface area contributed by atoms with Crippen LogP contribution in [0, 0.1) is 11.3 Å². The first-order chi connectivity index (χ1) is 17.0. The molecule has 0 spiro atoms. The molecule has 1 fully saturated rings. The summed E-state index contributed by atoms with van der Waals surface area (Å²) in [7, 11) is 0. The zero-order chi connectivity index (χ0) is 24.4. The van der Waals surface area contributed by atoms with Crippen molar-refractivity contribution in [2.45, 2.75) is 45.4 Å². The van der Waals surface area contributed by atoms with Crippen molar-refractivity contribution in [3.8, 4) is 34.8 Å². The molecular formula is C26H29N5O4. The van der Waals surface area contributed by atoms with E-state index in [1.54, 1.807) is 12.3 Å². The minimum atomic E-state index is -0.499. The number of pyridine rings is 1. The Kier molecular flexibility index (Phi) is 6.52. The third-order valence-corrected chi connectivity index (χ3v) is 6.49. The molecule has 0 unspecified atom stereocenters. The number of ether oxygens (including phenoxy) is 3. The first kappa shape index (κ1) is 23.4. The summed E-state index contributed by atoms with van der Waals surface area (Å²) in [6.07, 6.45) is 3.48. The SMILES string of the molecule is CCOc1ncc(-c2nc(-c3ccc4c(c3)CCN(C3COC(C)(C)OC3)CC4)no2)cc1C#N. The maximum absolute atomic E-state index is 9.41. The van der Waals surface area contributed by atoms with E-state index >= 15 is 0 Å². The van der Waals surface area contributed by atoms with Crippen LogP contribution >= 0.6 is 0 Å². The van der Waals surface area contributed by atoms with Crippen molar-refractivity contribution >= 4 is 0 Å². The summed E-state index contributed by atoms with van der Waals surface area (Å²) in [6, 6.07) is 10.4. The highest BCUT2D eigenvalue weighted by atomic mass is 16.7. The first-order valence-corrected chi connectivity index (χ1v) is 12.0. The van der Waals surface area contributed by atoms with Crippen molar-refractivity contribution in [2.75, 3.05) is 32.9 Å². The molecule has 0 amide bonds. The van der Waals surface area contributed by atoms with Gasteiger partial charge in [-0.25, -0.2) is 4.98 Å². The van der Waals surface area contributed by atoms with Gasteiger partial charge in [0.25, 0.3) is 5.89 Å². The van der Waals surface area contributed by atoms with Gasteiger partial charge in [0.1, 0.15) is 11.6 Å². The van der Waals surface area contributed by atoms with Crippen LogP contribution in [0.3, 0.4) is 0 Å². The summed E-state index contributed by atoms with van der Waals surface area (Å²) in [5.41, 5.74) is 4.44. The molecule has 4 heterocycles. The van der Waals surface area contributed by atoms with Crippen molar-refractivity contribution < 1.29 is 18.7 Å². The number of nitrogens with zero attached hydrogens (tertiary/aromatic N) is 5. The standard InChI is InChI=1S/C26H29N5O4/c1-4-32-24-20(13-27)12-21(14-28-24)25-29-23(30-35-25)19-6-5-17-7-9-31(10-8-18(17)11-19)22-15-33-26(2,3)34-16-22/h5-6,11-12,14,22H,4,7-10,15-16H2,1-3H3. The van der Waals surface area contributed by atoms with Gasteiger partial charge in [-0.15, -0.1) is 0 Å². The molecule has 0 saturated carbocycles. The number of nitriles is 1. The Labute approximate surface area is 204 Å². The smallest absolute Gasteiger partial charge is 0.259 e. The second-order valence-corrected chi connectivity index (χ2v) is 9.24. The molecule has 2 aliphatic rings. The lowest BCUT2D eigenvalue weighted by Crippen LogP contribution is -2.51. The largest absolute Gasteiger partial charge is 0.477 e. The average Bonchev–Trinajstić information content (AvgIpc) is 3.26. The summed E-state index contributed by atoms with van der Waals surface area (Å²) in [5.74, 6) is 0.621. The average molecular weight is 476 g/mol. The number of rotatable bonds is 5. The fourth-order valence-electron chi connectivity index (χ4n) is 4.50. The van der Waals surface area contributed by atoms with Crippen LogP contribution in [0.5, 0.6) is 5.88 Å². The summed E-state index contributed by atoms with van der Waals surface area (Å²) in [6.45, 7) is 9.49. The molecule has 182 valence electrons. The van der Waals surface area contributed by atoms with E-state index in [-0.39, 0.29) is 6.04 Å². The lowest BCUT2D eigenvalue weighted by atomic mass is 10.00. The molecule has 9 nitrogen and oxygen atoms in total. The van der Waals surface area contributed by atoms with E-state index in [1.165, 1.54) is 11.1 Å². The molecule has 35 heavy (non-hydrogen) atoms. The Hall–Kier alpha value is -3.32. The molecule has 5 rings (SSSR count).